The van der Waals surface area contributed by atoms with Gasteiger partial charge in [0.2, 0.25) is 5.91 Å². The Balaban J connectivity index is 1.54. The highest BCUT2D eigenvalue weighted by Gasteiger charge is 2.17. The second-order valence-electron chi connectivity index (χ2n) is 6.24. The number of rotatable bonds is 3. The van der Waals surface area contributed by atoms with Crippen LogP contribution >= 0.6 is 22.7 Å². The molecule has 3 heterocycles. The van der Waals surface area contributed by atoms with Gasteiger partial charge in [0.15, 0.2) is 5.13 Å². The number of benzene rings is 1. The molecule has 4 rings (SSSR count). The number of thiophene rings is 1. The van der Waals surface area contributed by atoms with Gasteiger partial charge >= 0.3 is 0 Å². The number of carbonyl (C=O) groups is 2. The SMILES string of the molecule is Cc1cc(C(=O)Nc2nc(-c3ccc4c(c3)CCC(=O)N4)cs2)c(C)s1. The summed E-state index contributed by atoms with van der Waals surface area (Å²) in [5.41, 5.74) is 4.50. The van der Waals surface area contributed by atoms with Crippen molar-refractivity contribution in [2.75, 3.05) is 10.6 Å². The zero-order chi connectivity index (χ0) is 18.3. The monoisotopic (exact) mass is 383 g/mol. The summed E-state index contributed by atoms with van der Waals surface area (Å²) in [5, 5.41) is 8.29. The highest BCUT2D eigenvalue weighted by Crippen LogP contribution is 2.31. The molecule has 5 nitrogen and oxygen atoms in total. The van der Waals surface area contributed by atoms with E-state index in [0.29, 0.717) is 17.1 Å². The van der Waals surface area contributed by atoms with E-state index in [1.807, 2.05) is 37.4 Å². The minimum atomic E-state index is -0.124. The largest absolute Gasteiger partial charge is 0.326 e. The van der Waals surface area contributed by atoms with Crippen molar-refractivity contribution in [1.29, 1.82) is 0 Å². The quantitative estimate of drug-likeness (QED) is 0.693. The minimum absolute atomic E-state index is 0.0582. The zero-order valence-electron chi connectivity index (χ0n) is 14.4. The number of anilines is 2. The lowest BCUT2D eigenvalue weighted by Gasteiger charge is -2.17. The van der Waals surface area contributed by atoms with Gasteiger partial charge in [0.1, 0.15) is 0 Å². The van der Waals surface area contributed by atoms with Crippen molar-refractivity contribution in [1.82, 2.24) is 4.98 Å². The van der Waals surface area contributed by atoms with Crippen LogP contribution < -0.4 is 10.6 Å². The lowest BCUT2D eigenvalue weighted by Crippen LogP contribution is -2.18. The standard InChI is InChI=1S/C19H17N3O2S2/c1-10-7-14(11(2)26-10)18(24)22-19-21-16(9-25-19)13-3-5-15-12(8-13)4-6-17(23)20-15/h3,5,7-9H,4,6H2,1-2H3,(H,20,23)(H,21,22,24). The maximum atomic E-state index is 12.4. The summed E-state index contributed by atoms with van der Waals surface area (Å²) in [4.78, 5) is 30.6. The van der Waals surface area contributed by atoms with E-state index in [1.165, 1.54) is 11.3 Å². The lowest BCUT2D eigenvalue weighted by atomic mass is 9.99. The van der Waals surface area contributed by atoms with Crippen molar-refractivity contribution in [3.63, 3.8) is 0 Å². The molecule has 132 valence electrons. The first-order chi connectivity index (χ1) is 12.5. The third-order valence-corrected chi connectivity index (χ3v) is 6.03. The number of thiazole rings is 1. The average Bonchev–Trinajstić information content (AvgIpc) is 3.20. The molecule has 26 heavy (non-hydrogen) atoms. The van der Waals surface area contributed by atoms with Crippen molar-refractivity contribution < 1.29 is 9.59 Å². The number of hydrogen-bond donors (Lipinski definition) is 2. The van der Waals surface area contributed by atoms with E-state index in [9.17, 15) is 9.59 Å². The Morgan fingerprint density at radius 1 is 1.23 bits per heavy atom. The summed E-state index contributed by atoms with van der Waals surface area (Å²) in [7, 11) is 0. The zero-order valence-corrected chi connectivity index (χ0v) is 16.0. The lowest BCUT2D eigenvalue weighted by molar-refractivity contribution is -0.116. The molecule has 2 aromatic heterocycles. The molecule has 0 aliphatic carbocycles. The number of nitrogens with one attached hydrogen (secondary N) is 2. The van der Waals surface area contributed by atoms with Crippen LogP contribution in [0.3, 0.4) is 0 Å². The van der Waals surface area contributed by atoms with Gasteiger partial charge in [0.25, 0.3) is 5.91 Å². The summed E-state index contributed by atoms with van der Waals surface area (Å²) in [6.45, 7) is 3.94. The number of aryl methyl sites for hydroxylation is 3. The average molecular weight is 383 g/mol. The second kappa shape index (κ2) is 6.66. The molecule has 2 N–H and O–H groups in total. The molecule has 0 saturated carbocycles. The van der Waals surface area contributed by atoms with Gasteiger partial charge in [-0.15, -0.1) is 22.7 Å². The van der Waals surface area contributed by atoms with E-state index >= 15 is 0 Å². The van der Waals surface area contributed by atoms with Gasteiger partial charge in [-0.25, -0.2) is 4.98 Å². The van der Waals surface area contributed by atoms with Gasteiger partial charge in [0, 0.05) is 32.8 Å². The minimum Gasteiger partial charge on any atom is -0.326 e. The highest BCUT2D eigenvalue weighted by atomic mass is 32.1. The van der Waals surface area contributed by atoms with Crippen LogP contribution in [0.1, 0.15) is 32.1 Å². The highest BCUT2D eigenvalue weighted by molar-refractivity contribution is 7.14. The molecule has 2 amide bonds. The third-order valence-electron chi connectivity index (χ3n) is 4.31. The predicted octanol–water partition coefficient (Wildman–Crippen LogP) is 4.63. The van der Waals surface area contributed by atoms with Gasteiger partial charge < -0.3 is 5.32 Å². The van der Waals surface area contributed by atoms with E-state index in [2.05, 4.69) is 21.7 Å². The predicted molar refractivity (Wildman–Crippen MR) is 106 cm³/mol. The van der Waals surface area contributed by atoms with Crippen molar-refractivity contribution in [2.45, 2.75) is 26.7 Å². The van der Waals surface area contributed by atoms with Crippen LogP contribution in [0.15, 0.2) is 29.6 Å². The fourth-order valence-corrected chi connectivity index (χ4v) is 4.66. The van der Waals surface area contributed by atoms with Gasteiger partial charge in [-0.2, -0.15) is 0 Å². The summed E-state index contributed by atoms with van der Waals surface area (Å²) < 4.78 is 0. The molecule has 7 heteroatoms. The fourth-order valence-electron chi connectivity index (χ4n) is 3.03. The molecule has 1 aromatic carbocycles. The van der Waals surface area contributed by atoms with E-state index in [-0.39, 0.29) is 11.8 Å². The summed E-state index contributed by atoms with van der Waals surface area (Å²) >= 11 is 3.02. The van der Waals surface area contributed by atoms with E-state index in [1.54, 1.807) is 11.3 Å². The van der Waals surface area contributed by atoms with E-state index < -0.39 is 0 Å². The number of hydrogen-bond acceptors (Lipinski definition) is 5. The molecular formula is C19H17N3O2S2. The first kappa shape index (κ1) is 16.9. The number of fused-ring (bicyclic) bond motifs is 1. The molecule has 0 radical (unpaired) electrons. The van der Waals surface area contributed by atoms with E-state index in [4.69, 9.17) is 0 Å². The first-order valence-electron chi connectivity index (χ1n) is 8.26. The van der Waals surface area contributed by atoms with Gasteiger partial charge in [-0.1, -0.05) is 6.07 Å². The Labute approximate surface area is 159 Å². The van der Waals surface area contributed by atoms with Crippen LogP contribution in [-0.4, -0.2) is 16.8 Å². The molecule has 0 atom stereocenters. The van der Waals surface area contributed by atoms with Crippen LogP contribution in [0.4, 0.5) is 10.8 Å². The Hall–Kier alpha value is -2.51. The topological polar surface area (TPSA) is 71.1 Å². The Morgan fingerprint density at radius 2 is 2.08 bits per heavy atom. The van der Waals surface area contributed by atoms with Crippen molar-refractivity contribution in [3.05, 3.63) is 50.5 Å². The number of carbonyl (C=O) groups excluding carboxylic acids is 2. The van der Waals surface area contributed by atoms with Gasteiger partial charge in [0.05, 0.1) is 11.3 Å². The smallest absolute Gasteiger partial charge is 0.258 e. The van der Waals surface area contributed by atoms with Crippen LogP contribution in [0.2, 0.25) is 0 Å². The van der Waals surface area contributed by atoms with Crippen molar-refractivity contribution in [2.24, 2.45) is 0 Å². The maximum Gasteiger partial charge on any atom is 0.258 e. The molecule has 0 saturated heterocycles. The molecule has 1 aliphatic rings. The summed E-state index contributed by atoms with van der Waals surface area (Å²) in [6, 6.07) is 7.82. The van der Waals surface area contributed by atoms with Crippen molar-refractivity contribution >= 4 is 45.3 Å². The molecule has 0 spiro atoms. The number of amides is 2. The van der Waals surface area contributed by atoms with E-state index in [0.717, 1.165) is 38.7 Å². The summed E-state index contributed by atoms with van der Waals surface area (Å²) in [5.74, 6) is -0.0660. The Kier molecular flexibility index (Phi) is 4.34. The van der Waals surface area contributed by atoms with Gasteiger partial charge in [-0.3, -0.25) is 14.9 Å². The summed E-state index contributed by atoms with van der Waals surface area (Å²) in [6.07, 6.45) is 1.24. The molecule has 0 fully saturated rings. The Morgan fingerprint density at radius 3 is 2.85 bits per heavy atom. The third kappa shape index (κ3) is 3.27. The van der Waals surface area contributed by atoms with Crippen LogP contribution in [0.25, 0.3) is 11.3 Å². The molecule has 0 bridgehead atoms. The number of nitrogens with zero attached hydrogens (tertiary/aromatic N) is 1. The van der Waals surface area contributed by atoms with Gasteiger partial charge in [-0.05, 0) is 44.0 Å². The molecule has 1 aliphatic heterocycles. The van der Waals surface area contributed by atoms with Crippen molar-refractivity contribution in [3.8, 4) is 11.3 Å². The number of aromatic nitrogens is 1. The molecule has 3 aromatic rings. The van der Waals surface area contributed by atoms with Crippen LogP contribution in [0, 0.1) is 13.8 Å². The molecular weight excluding hydrogens is 366 g/mol. The van der Waals surface area contributed by atoms with Crippen LogP contribution in [0.5, 0.6) is 0 Å². The normalized spacial score (nSPS) is 13.2. The second-order valence-corrected chi connectivity index (χ2v) is 8.56. The van der Waals surface area contributed by atoms with Crippen LogP contribution in [-0.2, 0) is 11.2 Å². The Bertz CT molecular complexity index is 1020. The fraction of sp³-hybridized carbons (Fsp3) is 0.211. The molecule has 0 unspecified atom stereocenters. The first-order valence-corrected chi connectivity index (χ1v) is 9.96. The maximum absolute atomic E-state index is 12.4.